The molecule has 2 aromatic heterocycles. The van der Waals surface area contributed by atoms with Gasteiger partial charge in [0, 0.05) is 6.26 Å². The first-order valence-corrected chi connectivity index (χ1v) is 9.44. The average Bonchev–Trinajstić information content (AvgIpc) is 3.14. The second-order valence-electron chi connectivity index (χ2n) is 5.51. The van der Waals surface area contributed by atoms with Crippen LogP contribution in [0.2, 0.25) is 0 Å². The predicted molar refractivity (Wildman–Crippen MR) is 92.8 cm³/mol. The van der Waals surface area contributed by atoms with Crippen LogP contribution >= 0.6 is 0 Å². The number of carbonyl (C=O) groups is 1. The largest absolute Gasteiger partial charge is 0.485 e. The number of aromatic carboxylic acids is 1. The number of nitrogens with zero attached hydrogens (tertiary/aromatic N) is 1. The molecule has 7 nitrogen and oxygen atoms in total. The van der Waals surface area contributed by atoms with Gasteiger partial charge in [0.25, 0.3) is 0 Å². The molecule has 134 valence electrons. The third-order valence-electron chi connectivity index (χ3n) is 3.54. The van der Waals surface area contributed by atoms with Crippen molar-refractivity contribution in [2.75, 3.05) is 6.26 Å². The molecule has 0 aliphatic rings. The molecule has 0 atom stereocenters. The molecule has 1 N–H and O–H groups in total. The summed E-state index contributed by atoms with van der Waals surface area (Å²) in [6, 6.07) is 13.4. The molecule has 8 heteroatoms. The van der Waals surface area contributed by atoms with E-state index < -0.39 is 21.5 Å². The molecule has 0 saturated heterocycles. The molecule has 0 spiro atoms. The smallest absolute Gasteiger partial charge is 0.358 e. The number of pyridine rings is 1. The van der Waals surface area contributed by atoms with E-state index in [0.717, 1.165) is 11.8 Å². The Morgan fingerprint density at radius 3 is 2.50 bits per heavy atom. The predicted octanol–water partition coefficient (Wildman–Crippen LogP) is 3.02. The van der Waals surface area contributed by atoms with Crippen LogP contribution in [0, 0.1) is 0 Å². The zero-order valence-electron chi connectivity index (χ0n) is 13.7. The molecule has 1 aromatic carbocycles. The molecule has 2 heterocycles. The van der Waals surface area contributed by atoms with Crippen LogP contribution < -0.4 is 4.74 Å². The van der Waals surface area contributed by atoms with Gasteiger partial charge in [-0.1, -0.05) is 30.3 Å². The van der Waals surface area contributed by atoms with Crippen molar-refractivity contribution in [3.63, 3.8) is 0 Å². The Kier molecular flexibility index (Phi) is 4.77. The Bertz CT molecular complexity index is 1030. The lowest BCUT2D eigenvalue weighted by molar-refractivity contribution is 0.0684. The third kappa shape index (κ3) is 3.75. The fourth-order valence-corrected chi connectivity index (χ4v) is 3.17. The number of benzene rings is 1. The van der Waals surface area contributed by atoms with E-state index in [1.54, 1.807) is 36.4 Å². The molecule has 0 aliphatic carbocycles. The van der Waals surface area contributed by atoms with Crippen LogP contribution in [0.3, 0.4) is 0 Å². The van der Waals surface area contributed by atoms with Gasteiger partial charge in [0.05, 0.1) is 6.26 Å². The molecule has 3 aromatic rings. The molecule has 0 radical (unpaired) electrons. The Hall–Kier alpha value is -3.13. The van der Waals surface area contributed by atoms with Crippen LogP contribution in [0.4, 0.5) is 0 Å². The van der Waals surface area contributed by atoms with Crippen molar-refractivity contribution >= 4 is 15.8 Å². The lowest BCUT2D eigenvalue weighted by Crippen LogP contribution is -2.12. The van der Waals surface area contributed by atoms with Gasteiger partial charge in [0.15, 0.2) is 27.0 Å². The SMILES string of the molecule is CS(=O)(=O)c1cc(-c2ccco2)nc(C(=O)O)c1OCc1ccccc1. The first kappa shape index (κ1) is 17.7. The Balaban J connectivity index is 2.13. The molecule has 0 aliphatic heterocycles. The molecule has 0 saturated carbocycles. The second-order valence-corrected chi connectivity index (χ2v) is 7.50. The summed E-state index contributed by atoms with van der Waals surface area (Å²) in [5, 5.41) is 9.51. The zero-order valence-corrected chi connectivity index (χ0v) is 14.6. The highest BCUT2D eigenvalue weighted by atomic mass is 32.2. The minimum absolute atomic E-state index is 0.00538. The molecule has 0 unspecified atom stereocenters. The summed E-state index contributed by atoms with van der Waals surface area (Å²) in [6.07, 6.45) is 2.37. The van der Waals surface area contributed by atoms with Gasteiger partial charge in [0.2, 0.25) is 0 Å². The van der Waals surface area contributed by atoms with Gasteiger partial charge in [-0.25, -0.2) is 18.2 Å². The lowest BCUT2D eigenvalue weighted by Gasteiger charge is -2.14. The van der Waals surface area contributed by atoms with E-state index in [4.69, 9.17) is 9.15 Å². The minimum atomic E-state index is -3.78. The molecular formula is C18H15NO6S. The van der Waals surface area contributed by atoms with Gasteiger partial charge < -0.3 is 14.3 Å². The number of carboxylic acid groups (broad SMARTS) is 1. The van der Waals surface area contributed by atoms with Crippen LogP contribution in [0.25, 0.3) is 11.5 Å². The Morgan fingerprint density at radius 2 is 1.92 bits per heavy atom. The fraction of sp³-hybridized carbons (Fsp3) is 0.111. The summed E-state index contributed by atoms with van der Waals surface area (Å²) in [5.74, 6) is -1.43. The fourth-order valence-electron chi connectivity index (χ4n) is 2.35. The van der Waals surface area contributed by atoms with E-state index in [1.165, 1.54) is 12.3 Å². The van der Waals surface area contributed by atoms with Crippen molar-refractivity contribution in [1.29, 1.82) is 0 Å². The van der Waals surface area contributed by atoms with Crippen LogP contribution in [0.5, 0.6) is 5.75 Å². The van der Waals surface area contributed by atoms with Gasteiger partial charge in [-0.05, 0) is 23.8 Å². The minimum Gasteiger partial charge on any atom is -0.485 e. The maximum atomic E-state index is 12.2. The number of aromatic nitrogens is 1. The van der Waals surface area contributed by atoms with E-state index in [2.05, 4.69) is 4.98 Å². The number of rotatable bonds is 6. The highest BCUT2D eigenvalue weighted by molar-refractivity contribution is 7.90. The molecule has 0 amide bonds. The maximum Gasteiger partial charge on any atom is 0.358 e. The highest BCUT2D eigenvalue weighted by Crippen LogP contribution is 2.32. The average molecular weight is 373 g/mol. The van der Waals surface area contributed by atoms with E-state index >= 15 is 0 Å². The zero-order chi connectivity index (χ0) is 18.7. The number of carboxylic acids is 1. The van der Waals surface area contributed by atoms with E-state index in [0.29, 0.717) is 0 Å². The van der Waals surface area contributed by atoms with Gasteiger partial charge in [-0.15, -0.1) is 0 Å². The highest BCUT2D eigenvalue weighted by Gasteiger charge is 2.26. The summed E-state index contributed by atoms with van der Waals surface area (Å²) >= 11 is 0. The van der Waals surface area contributed by atoms with Gasteiger partial charge in [0.1, 0.15) is 17.2 Å². The van der Waals surface area contributed by atoms with E-state index in [1.807, 2.05) is 6.07 Å². The van der Waals surface area contributed by atoms with Crippen LogP contribution in [-0.2, 0) is 16.4 Å². The lowest BCUT2D eigenvalue weighted by atomic mass is 10.2. The van der Waals surface area contributed by atoms with Crippen LogP contribution in [-0.4, -0.2) is 30.7 Å². The van der Waals surface area contributed by atoms with Crippen molar-refractivity contribution < 1.29 is 27.5 Å². The van der Waals surface area contributed by atoms with E-state index in [-0.39, 0.29) is 28.7 Å². The number of ether oxygens (including phenoxy) is 1. The number of sulfone groups is 1. The first-order valence-electron chi connectivity index (χ1n) is 7.55. The number of furan rings is 1. The van der Waals surface area contributed by atoms with E-state index in [9.17, 15) is 18.3 Å². The quantitative estimate of drug-likeness (QED) is 0.708. The normalized spacial score (nSPS) is 11.3. The summed E-state index contributed by atoms with van der Waals surface area (Å²) in [4.78, 5) is 15.4. The van der Waals surface area contributed by atoms with Crippen LogP contribution in [0.1, 0.15) is 16.1 Å². The van der Waals surface area contributed by atoms with Crippen molar-refractivity contribution in [3.05, 3.63) is 66.1 Å². The standard InChI is InChI=1S/C18H15NO6S/c1-26(22,23)15-10-13(14-8-5-9-24-14)19-16(18(20)21)17(15)25-11-12-6-3-2-4-7-12/h2-10H,11H2,1H3,(H,20,21). The van der Waals surface area contributed by atoms with Crippen molar-refractivity contribution in [2.24, 2.45) is 0 Å². The van der Waals surface area contributed by atoms with Crippen molar-refractivity contribution in [2.45, 2.75) is 11.5 Å². The van der Waals surface area contributed by atoms with Gasteiger partial charge in [-0.3, -0.25) is 0 Å². The summed E-state index contributed by atoms with van der Waals surface area (Å²) in [6.45, 7) is 0.00538. The van der Waals surface area contributed by atoms with Gasteiger partial charge in [-0.2, -0.15) is 0 Å². The molecule has 26 heavy (non-hydrogen) atoms. The summed E-state index contributed by atoms with van der Waals surface area (Å²) in [7, 11) is -3.78. The molecule has 3 rings (SSSR count). The molecular weight excluding hydrogens is 358 g/mol. The third-order valence-corrected chi connectivity index (χ3v) is 4.64. The second kappa shape index (κ2) is 7.01. The maximum absolute atomic E-state index is 12.2. The topological polar surface area (TPSA) is 107 Å². The Labute approximate surface area is 149 Å². The number of hydrogen-bond donors (Lipinski definition) is 1. The molecule has 0 bridgehead atoms. The van der Waals surface area contributed by atoms with Crippen molar-refractivity contribution in [1.82, 2.24) is 4.98 Å². The Morgan fingerprint density at radius 1 is 1.19 bits per heavy atom. The first-order chi connectivity index (χ1) is 12.4. The summed E-state index contributed by atoms with van der Waals surface area (Å²) in [5.41, 5.74) is 0.369. The molecule has 0 fully saturated rings. The summed E-state index contributed by atoms with van der Waals surface area (Å²) < 4.78 is 35.2. The van der Waals surface area contributed by atoms with Crippen LogP contribution in [0.15, 0.2) is 64.1 Å². The monoisotopic (exact) mass is 373 g/mol. The van der Waals surface area contributed by atoms with Gasteiger partial charge >= 0.3 is 5.97 Å². The number of hydrogen-bond acceptors (Lipinski definition) is 6. The van der Waals surface area contributed by atoms with Crippen molar-refractivity contribution in [3.8, 4) is 17.2 Å².